The Bertz CT molecular complexity index is 400. The number of thiophene rings is 1. The van der Waals surface area contributed by atoms with Crippen LogP contribution in [0.1, 0.15) is 41.4 Å². The van der Waals surface area contributed by atoms with E-state index in [2.05, 4.69) is 13.0 Å². The van der Waals surface area contributed by atoms with Gasteiger partial charge in [0, 0.05) is 0 Å². The van der Waals surface area contributed by atoms with E-state index < -0.39 is 0 Å². The van der Waals surface area contributed by atoms with Crippen LogP contribution in [0.5, 0.6) is 0 Å². The standard InChI is InChI=1S/C13H16OS/c1-9-3-5-11(6-4-9)12(14)13-10(2)7-8-15-13/h5,7-9H,3-4,6H2,1-2H3. The summed E-state index contributed by atoms with van der Waals surface area (Å²) >= 11 is 1.56. The Hall–Kier alpha value is -0.890. The van der Waals surface area contributed by atoms with Gasteiger partial charge in [-0.15, -0.1) is 11.3 Å². The lowest BCUT2D eigenvalue weighted by Gasteiger charge is -2.17. The number of hydrogen-bond acceptors (Lipinski definition) is 2. The van der Waals surface area contributed by atoms with Gasteiger partial charge < -0.3 is 0 Å². The number of carbonyl (C=O) groups excluding carboxylic acids is 1. The summed E-state index contributed by atoms with van der Waals surface area (Å²) in [5.74, 6) is 1.00. The van der Waals surface area contributed by atoms with Gasteiger partial charge in [-0.05, 0) is 54.7 Å². The summed E-state index contributed by atoms with van der Waals surface area (Å²) in [6.45, 7) is 4.25. The highest BCUT2D eigenvalue weighted by Gasteiger charge is 2.19. The highest BCUT2D eigenvalue weighted by atomic mass is 32.1. The molecule has 0 saturated carbocycles. The van der Waals surface area contributed by atoms with Crippen LogP contribution < -0.4 is 0 Å². The monoisotopic (exact) mass is 220 g/mol. The number of rotatable bonds is 2. The van der Waals surface area contributed by atoms with E-state index in [0.29, 0.717) is 0 Å². The fourth-order valence-electron chi connectivity index (χ4n) is 1.92. The number of carbonyl (C=O) groups is 1. The molecule has 0 bridgehead atoms. The molecule has 2 rings (SSSR count). The normalized spacial score (nSPS) is 21.2. The van der Waals surface area contributed by atoms with Crippen LogP contribution >= 0.6 is 11.3 Å². The first-order chi connectivity index (χ1) is 7.18. The fourth-order valence-corrected chi connectivity index (χ4v) is 2.82. The summed E-state index contributed by atoms with van der Waals surface area (Å²) < 4.78 is 0. The molecule has 2 heteroatoms. The van der Waals surface area contributed by atoms with E-state index in [1.807, 2.05) is 18.4 Å². The first-order valence-electron chi connectivity index (χ1n) is 5.46. The zero-order valence-electron chi connectivity index (χ0n) is 9.25. The molecule has 1 heterocycles. The molecular formula is C13H16OS. The lowest BCUT2D eigenvalue weighted by Crippen LogP contribution is -2.09. The smallest absolute Gasteiger partial charge is 0.198 e. The van der Waals surface area contributed by atoms with Crippen molar-refractivity contribution in [2.45, 2.75) is 33.1 Å². The molecule has 0 N–H and O–H groups in total. The summed E-state index contributed by atoms with van der Waals surface area (Å²) in [4.78, 5) is 13.1. The predicted octanol–water partition coefficient (Wildman–Crippen LogP) is 3.99. The molecule has 0 radical (unpaired) electrons. The quantitative estimate of drug-likeness (QED) is 0.689. The highest BCUT2D eigenvalue weighted by molar-refractivity contribution is 7.12. The van der Waals surface area contributed by atoms with Crippen molar-refractivity contribution in [1.82, 2.24) is 0 Å². The highest BCUT2D eigenvalue weighted by Crippen LogP contribution is 2.28. The number of allylic oxidation sites excluding steroid dienone is 2. The molecule has 0 spiro atoms. The predicted molar refractivity (Wildman–Crippen MR) is 64.5 cm³/mol. The van der Waals surface area contributed by atoms with Crippen LogP contribution in [0.2, 0.25) is 0 Å². The molecule has 1 nitrogen and oxygen atoms in total. The molecule has 0 aliphatic heterocycles. The minimum Gasteiger partial charge on any atom is -0.288 e. The lowest BCUT2D eigenvalue weighted by molar-refractivity contribution is 0.103. The molecule has 0 aromatic carbocycles. The van der Waals surface area contributed by atoms with E-state index in [4.69, 9.17) is 0 Å². The van der Waals surface area contributed by atoms with Crippen LogP contribution in [-0.2, 0) is 0 Å². The van der Waals surface area contributed by atoms with Crippen molar-refractivity contribution >= 4 is 17.1 Å². The Morgan fingerprint density at radius 3 is 2.87 bits per heavy atom. The molecule has 80 valence electrons. The van der Waals surface area contributed by atoms with Gasteiger partial charge in [0.05, 0.1) is 4.88 Å². The summed E-state index contributed by atoms with van der Waals surface area (Å²) in [6.07, 6.45) is 5.31. The Morgan fingerprint density at radius 1 is 1.53 bits per heavy atom. The Balaban J connectivity index is 2.19. The van der Waals surface area contributed by atoms with E-state index in [0.717, 1.165) is 41.2 Å². The van der Waals surface area contributed by atoms with E-state index in [-0.39, 0.29) is 5.78 Å². The van der Waals surface area contributed by atoms with Crippen LogP contribution in [0.3, 0.4) is 0 Å². The fraction of sp³-hybridized carbons (Fsp3) is 0.462. The number of hydrogen-bond donors (Lipinski definition) is 0. The van der Waals surface area contributed by atoms with Gasteiger partial charge in [-0.1, -0.05) is 13.0 Å². The maximum atomic E-state index is 12.1. The van der Waals surface area contributed by atoms with E-state index in [9.17, 15) is 4.79 Å². The first kappa shape index (κ1) is 10.6. The zero-order valence-corrected chi connectivity index (χ0v) is 10.1. The van der Waals surface area contributed by atoms with Crippen LogP contribution in [0, 0.1) is 12.8 Å². The largest absolute Gasteiger partial charge is 0.288 e. The van der Waals surface area contributed by atoms with Gasteiger partial charge in [0.15, 0.2) is 5.78 Å². The van der Waals surface area contributed by atoms with Gasteiger partial charge in [0.1, 0.15) is 0 Å². The van der Waals surface area contributed by atoms with E-state index >= 15 is 0 Å². The number of Topliss-reactive ketones (excluding diaryl/α,β-unsaturated/α-hetero) is 1. The molecule has 0 amide bonds. The maximum absolute atomic E-state index is 12.1. The van der Waals surface area contributed by atoms with Gasteiger partial charge in [-0.3, -0.25) is 4.79 Å². The number of ketones is 1. The molecule has 15 heavy (non-hydrogen) atoms. The van der Waals surface area contributed by atoms with Gasteiger partial charge in [-0.2, -0.15) is 0 Å². The van der Waals surface area contributed by atoms with E-state index in [1.54, 1.807) is 11.3 Å². The zero-order chi connectivity index (χ0) is 10.8. The molecule has 0 fully saturated rings. The Morgan fingerprint density at radius 2 is 2.33 bits per heavy atom. The Kier molecular flexibility index (Phi) is 3.06. The molecule has 1 aliphatic rings. The van der Waals surface area contributed by atoms with Crippen molar-refractivity contribution in [2.75, 3.05) is 0 Å². The van der Waals surface area contributed by atoms with E-state index in [1.165, 1.54) is 0 Å². The molecular weight excluding hydrogens is 204 g/mol. The summed E-state index contributed by atoms with van der Waals surface area (Å²) in [5.41, 5.74) is 2.14. The summed E-state index contributed by atoms with van der Waals surface area (Å²) in [5, 5.41) is 1.99. The van der Waals surface area contributed by atoms with Crippen molar-refractivity contribution in [1.29, 1.82) is 0 Å². The maximum Gasteiger partial charge on any atom is 0.198 e. The van der Waals surface area contributed by atoms with Crippen molar-refractivity contribution in [2.24, 2.45) is 5.92 Å². The number of aryl methyl sites for hydroxylation is 1. The molecule has 1 atom stereocenters. The molecule has 0 saturated heterocycles. The second-order valence-corrected chi connectivity index (χ2v) is 5.29. The second kappa shape index (κ2) is 4.31. The average Bonchev–Trinajstić information content (AvgIpc) is 2.65. The lowest BCUT2D eigenvalue weighted by atomic mass is 9.88. The second-order valence-electron chi connectivity index (χ2n) is 4.37. The van der Waals surface area contributed by atoms with Crippen molar-refractivity contribution in [3.8, 4) is 0 Å². The van der Waals surface area contributed by atoms with Crippen molar-refractivity contribution < 1.29 is 4.79 Å². The van der Waals surface area contributed by atoms with Crippen molar-refractivity contribution in [3.05, 3.63) is 33.5 Å². The third-order valence-corrected chi connectivity index (χ3v) is 4.05. The van der Waals surface area contributed by atoms with Gasteiger partial charge in [-0.25, -0.2) is 0 Å². The van der Waals surface area contributed by atoms with Crippen molar-refractivity contribution in [3.63, 3.8) is 0 Å². The molecule has 1 aromatic heterocycles. The topological polar surface area (TPSA) is 17.1 Å². The molecule has 1 aromatic rings. The van der Waals surface area contributed by atoms with Gasteiger partial charge in [0.2, 0.25) is 0 Å². The minimum atomic E-state index is 0.259. The van der Waals surface area contributed by atoms with Crippen LogP contribution in [0.25, 0.3) is 0 Å². The van der Waals surface area contributed by atoms with Crippen LogP contribution in [0.4, 0.5) is 0 Å². The Labute approximate surface area is 94.8 Å². The van der Waals surface area contributed by atoms with Crippen LogP contribution in [0.15, 0.2) is 23.1 Å². The van der Waals surface area contributed by atoms with Gasteiger partial charge in [0.25, 0.3) is 0 Å². The first-order valence-corrected chi connectivity index (χ1v) is 6.34. The van der Waals surface area contributed by atoms with Gasteiger partial charge >= 0.3 is 0 Å². The third kappa shape index (κ3) is 2.20. The third-order valence-electron chi connectivity index (χ3n) is 3.03. The van der Waals surface area contributed by atoms with Crippen LogP contribution in [-0.4, -0.2) is 5.78 Å². The molecule has 1 unspecified atom stereocenters. The molecule has 1 aliphatic carbocycles. The SMILES string of the molecule is Cc1ccsc1C(=O)C1=CCC(C)CC1. The summed E-state index contributed by atoms with van der Waals surface area (Å²) in [7, 11) is 0. The minimum absolute atomic E-state index is 0.259. The summed E-state index contributed by atoms with van der Waals surface area (Å²) in [6, 6.07) is 2.02. The average molecular weight is 220 g/mol.